The Bertz CT molecular complexity index is 438. The van der Waals surface area contributed by atoms with E-state index >= 15 is 0 Å². The third kappa shape index (κ3) is 6.35. The van der Waals surface area contributed by atoms with E-state index in [-0.39, 0.29) is 12.3 Å². The van der Waals surface area contributed by atoms with Gasteiger partial charge in [-0.05, 0) is 26.0 Å². The molecule has 0 saturated carbocycles. The van der Waals surface area contributed by atoms with Crippen LogP contribution in [0.2, 0.25) is 0 Å². The van der Waals surface area contributed by atoms with E-state index in [2.05, 4.69) is 9.71 Å². The topological polar surface area (TPSA) is 79.3 Å². The van der Waals surface area contributed by atoms with Gasteiger partial charge in [-0.15, -0.1) is 0 Å². The second kappa shape index (κ2) is 5.57. The van der Waals surface area contributed by atoms with E-state index < -0.39 is 15.6 Å². The fourth-order valence-electron chi connectivity index (χ4n) is 1.14. The maximum absolute atomic E-state index is 11.6. The highest BCUT2D eigenvalue weighted by Gasteiger charge is 2.17. The van der Waals surface area contributed by atoms with Crippen LogP contribution in [0.1, 0.15) is 19.5 Å². The number of nitrogens with one attached hydrogen (secondary N) is 1. The standard InChI is InChI=1S/C11H18N2O3S/c1-11(2,14)9-13-17(15,16)8-6-10-5-3-4-7-12-10/h3-5,7,13-14H,6,8-9H2,1-2H3. The summed E-state index contributed by atoms with van der Waals surface area (Å²) in [6.45, 7) is 3.11. The van der Waals surface area contributed by atoms with Crippen molar-refractivity contribution in [3.8, 4) is 0 Å². The van der Waals surface area contributed by atoms with E-state index in [9.17, 15) is 13.5 Å². The number of hydrogen-bond donors (Lipinski definition) is 2. The average Bonchev–Trinajstić information content (AvgIpc) is 2.25. The predicted molar refractivity (Wildman–Crippen MR) is 66.0 cm³/mol. The number of rotatable bonds is 6. The zero-order chi connectivity index (χ0) is 12.9. The normalized spacial score (nSPS) is 12.6. The molecular weight excluding hydrogens is 240 g/mol. The van der Waals surface area contributed by atoms with Gasteiger partial charge in [0.15, 0.2) is 0 Å². The third-order valence-corrected chi connectivity index (χ3v) is 3.40. The molecule has 5 nitrogen and oxygen atoms in total. The summed E-state index contributed by atoms with van der Waals surface area (Å²) in [5.74, 6) is -0.0277. The summed E-state index contributed by atoms with van der Waals surface area (Å²) in [7, 11) is -3.36. The van der Waals surface area contributed by atoms with Gasteiger partial charge in [-0.3, -0.25) is 4.98 Å². The summed E-state index contributed by atoms with van der Waals surface area (Å²) in [5, 5.41) is 9.43. The lowest BCUT2D eigenvalue weighted by Crippen LogP contribution is -2.39. The van der Waals surface area contributed by atoms with E-state index in [0.29, 0.717) is 6.42 Å². The Morgan fingerprint density at radius 2 is 2.12 bits per heavy atom. The summed E-state index contributed by atoms with van der Waals surface area (Å²) in [6, 6.07) is 5.38. The van der Waals surface area contributed by atoms with Gasteiger partial charge in [-0.2, -0.15) is 0 Å². The Morgan fingerprint density at radius 3 is 2.65 bits per heavy atom. The van der Waals surface area contributed by atoms with Crippen molar-refractivity contribution in [2.24, 2.45) is 0 Å². The molecule has 0 radical (unpaired) electrons. The lowest BCUT2D eigenvalue weighted by molar-refractivity contribution is 0.0857. The third-order valence-electron chi connectivity index (χ3n) is 2.08. The number of aromatic nitrogens is 1. The molecule has 0 bridgehead atoms. The molecule has 0 atom stereocenters. The lowest BCUT2D eigenvalue weighted by Gasteiger charge is -2.17. The summed E-state index contributed by atoms with van der Waals surface area (Å²) >= 11 is 0. The molecule has 1 heterocycles. The highest BCUT2D eigenvalue weighted by molar-refractivity contribution is 7.89. The zero-order valence-corrected chi connectivity index (χ0v) is 10.9. The number of pyridine rings is 1. The smallest absolute Gasteiger partial charge is 0.212 e. The first-order valence-corrected chi connectivity index (χ1v) is 7.03. The first-order valence-electron chi connectivity index (χ1n) is 5.38. The Kier molecular flexibility index (Phi) is 4.62. The first-order chi connectivity index (χ1) is 7.79. The fraction of sp³-hybridized carbons (Fsp3) is 0.545. The minimum absolute atomic E-state index is 0.0115. The van der Waals surface area contributed by atoms with E-state index in [4.69, 9.17) is 0 Å². The van der Waals surface area contributed by atoms with E-state index in [1.165, 1.54) is 0 Å². The Morgan fingerprint density at radius 1 is 1.41 bits per heavy atom. The molecule has 0 unspecified atom stereocenters. The number of sulfonamides is 1. The maximum Gasteiger partial charge on any atom is 0.212 e. The SMILES string of the molecule is CC(C)(O)CNS(=O)(=O)CCc1ccccn1. The van der Waals surface area contributed by atoms with Crippen LogP contribution in [0.3, 0.4) is 0 Å². The van der Waals surface area contributed by atoms with Gasteiger partial charge in [-0.1, -0.05) is 6.07 Å². The number of nitrogens with zero attached hydrogens (tertiary/aromatic N) is 1. The lowest BCUT2D eigenvalue weighted by atomic mass is 10.1. The summed E-state index contributed by atoms with van der Waals surface area (Å²) in [4.78, 5) is 4.05. The van der Waals surface area contributed by atoms with E-state index in [1.807, 2.05) is 6.07 Å². The molecule has 17 heavy (non-hydrogen) atoms. The molecule has 96 valence electrons. The second-order valence-electron chi connectivity index (χ2n) is 4.52. The minimum Gasteiger partial charge on any atom is -0.389 e. The molecule has 0 aromatic carbocycles. The Labute approximate surface area is 102 Å². The van der Waals surface area contributed by atoms with Crippen LogP contribution in [-0.4, -0.2) is 36.4 Å². The van der Waals surface area contributed by atoms with Gasteiger partial charge in [0.2, 0.25) is 10.0 Å². The average molecular weight is 258 g/mol. The molecule has 0 saturated heterocycles. The molecule has 0 fully saturated rings. The van der Waals surface area contributed by atoms with Crippen molar-refractivity contribution >= 4 is 10.0 Å². The van der Waals surface area contributed by atoms with Gasteiger partial charge in [0, 0.05) is 24.9 Å². The first kappa shape index (κ1) is 14.1. The molecule has 6 heteroatoms. The van der Waals surface area contributed by atoms with Crippen LogP contribution < -0.4 is 4.72 Å². The van der Waals surface area contributed by atoms with Crippen molar-refractivity contribution in [3.05, 3.63) is 30.1 Å². The maximum atomic E-state index is 11.6. The zero-order valence-electron chi connectivity index (χ0n) is 10.0. The van der Waals surface area contributed by atoms with Crippen LogP contribution in [0.15, 0.2) is 24.4 Å². The quantitative estimate of drug-likeness (QED) is 0.770. The predicted octanol–water partition coefficient (Wildman–Crippen LogP) is 0.314. The molecule has 0 aliphatic heterocycles. The van der Waals surface area contributed by atoms with Gasteiger partial charge in [0.05, 0.1) is 11.4 Å². The van der Waals surface area contributed by atoms with Crippen LogP contribution in [0.5, 0.6) is 0 Å². The molecule has 1 rings (SSSR count). The second-order valence-corrected chi connectivity index (χ2v) is 6.45. The monoisotopic (exact) mass is 258 g/mol. The van der Waals surface area contributed by atoms with Crippen LogP contribution in [-0.2, 0) is 16.4 Å². The number of aliphatic hydroxyl groups is 1. The van der Waals surface area contributed by atoms with Crippen LogP contribution >= 0.6 is 0 Å². The van der Waals surface area contributed by atoms with Gasteiger partial charge < -0.3 is 5.11 Å². The van der Waals surface area contributed by atoms with E-state index in [0.717, 1.165) is 5.69 Å². The van der Waals surface area contributed by atoms with Crippen molar-refractivity contribution in [3.63, 3.8) is 0 Å². The van der Waals surface area contributed by atoms with Crippen molar-refractivity contribution in [2.75, 3.05) is 12.3 Å². The van der Waals surface area contributed by atoms with Crippen molar-refractivity contribution in [2.45, 2.75) is 25.9 Å². The summed E-state index contributed by atoms with van der Waals surface area (Å²) < 4.78 is 25.6. The molecule has 2 N–H and O–H groups in total. The van der Waals surface area contributed by atoms with Gasteiger partial charge in [0.1, 0.15) is 0 Å². The molecule has 0 aliphatic carbocycles. The molecule has 1 aromatic heterocycles. The van der Waals surface area contributed by atoms with Crippen molar-refractivity contribution in [1.82, 2.24) is 9.71 Å². The van der Waals surface area contributed by atoms with Gasteiger partial charge in [-0.25, -0.2) is 13.1 Å². The summed E-state index contributed by atoms with van der Waals surface area (Å²) in [5.41, 5.74) is -0.306. The largest absolute Gasteiger partial charge is 0.389 e. The summed E-state index contributed by atoms with van der Waals surface area (Å²) in [6.07, 6.45) is 1.99. The van der Waals surface area contributed by atoms with Crippen LogP contribution in [0.25, 0.3) is 0 Å². The van der Waals surface area contributed by atoms with Crippen LogP contribution in [0.4, 0.5) is 0 Å². The van der Waals surface area contributed by atoms with Gasteiger partial charge >= 0.3 is 0 Å². The molecule has 0 aliphatic rings. The molecule has 0 amide bonds. The molecule has 0 spiro atoms. The minimum atomic E-state index is -3.36. The fourth-order valence-corrected chi connectivity index (χ4v) is 2.34. The Hall–Kier alpha value is -0.980. The molecule has 1 aromatic rings. The molecular formula is C11H18N2O3S. The van der Waals surface area contributed by atoms with Crippen LogP contribution in [0, 0.1) is 0 Å². The van der Waals surface area contributed by atoms with E-state index in [1.54, 1.807) is 32.2 Å². The van der Waals surface area contributed by atoms with Crippen molar-refractivity contribution in [1.29, 1.82) is 0 Å². The van der Waals surface area contributed by atoms with Gasteiger partial charge in [0.25, 0.3) is 0 Å². The Balaban J connectivity index is 2.46. The highest BCUT2D eigenvalue weighted by atomic mass is 32.2. The highest BCUT2D eigenvalue weighted by Crippen LogP contribution is 2.01. The number of aryl methyl sites for hydroxylation is 1. The van der Waals surface area contributed by atoms with Crippen molar-refractivity contribution < 1.29 is 13.5 Å². The number of hydrogen-bond acceptors (Lipinski definition) is 4.